The molecular formula is C22H18BrN5O2. The average molecular weight is 464 g/mol. The molecule has 3 heterocycles. The SMILES string of the molecule is O=C(O)N1CCC[C@H]1c1nc2cc(-c3ccc(-c4ncc(Br)cn4)cc3)ccc2[nH]1. The summed E-state index contributed by atoms with van der Waals surface area (Å²) in [7, 11) is 0. The first-order valence-electron chi connectivity index (χ1n) is 9.66. The number of imidazole rings is 1. The minimum atomic E-state index is -0.895. The second-order valence-corrected chi connectivity index (χ2v) is 8.21. The summed E-state index contributed by atoms with van der Waals surface area (Å²) in [6.45, 7) is 0.552. The van der Waals surface area contributed by atoms with E-state index in [1.54, 1.807) is 12.4 Å². The van der Waals surface area contributed by atoms with Crippen LogP contribution < -0.4 is 0 Å². The molecule has 1 aliphatic rings. The van der Waals surface area contributed by atoms with Gasteiger partial charge in [0.1, 0.15) is 5.82 Å². The molecule has 150 valence electrons. The van der Waals surface area contributed by atoms with Gasteiger partial charge in [-0.25, -0.2) is 19.7 Å². The van der Waals surface area contributed by atoms with Gasteiger partial charge in [-0.05, 0) is 52.0 Å². The van der Waals surface area contributed by atoms with E-state index < -0.39 is 6.09 Å². The largest absolute Gasteiger partial charge is 0.465 e. The van der Waals surface area contributed by atoms with Gasteiger partial charge >= 0.3 is 6.09 Å². The van der Waals surface area contributed by atoms with Crippen LogP contribution in [0.25, 0.3) is 33.5 Å². The van der Waals surface area contributed by atoms with E-state index >= 15 is 0 Å². The summed E-state index contributed by atoms with van der Waals surface area (Å²) in [5, 5.41) is 9.40. The number of halogens is 1. The van der Waals surface area contributed by atoms with Crippen molar-refractivity contribution in [2.24, 2.45) is 0 Å². The van der Waals surface area contributed by atoms with Crippen LogP contribution in [0.1, 0.15) is 24.7 Å². The molecule has 1 amide bonds. The number of aromatic amines is 1. The maximum Gasteiger partial charge on any atom is 0.407 e. The number of aromatic nitrogens is 4. The van der Waals surface area contributed by atoms with E-state index in [1.807, 2.05) is 42.5 Å². The van der Waals surface area contributed by atoms with Gasteiger partial charge in [0.25, 0.3) is 0 Å². The molecule has 1 atom stereocenters. The number of benzene rings is 2. The van der Waals surface area contributed by atoms with Crippen molar-refractivity contribution in [2.75, 3.05) is 6.54 Å². The number of carboxylic acid groups (broad SMARTS) is 1. The highest BCUT2D eigenvalue weighted by Gasteiger charge is 2.31. The normalized spacial score (nSPS) is 16.3. The smallest absolute Gasteiger partial charge is 0.407 e. The number of fused-ring (bicyclic) bond motifs is 1. The Morgan fingerprint density at radius 1 is 1.07 bits per heavy atom. The van der Waals surface area contributed by atoms with Gasteiger partial charge in [0.05, 0.1) is 21.5 Å². The quantitative estimate of drug-likeness (QED) is 0.431. The van der Waals surface area contributed by atoms with Crippen molar-refractivity contribution in [3.8, 4) is 22.5 Å². The highest BCUT2D eigenvalue weighted by molar-refractivity contribution is 9.10. The molecule has 1 aliphatic heterocycles. The van der Waals surface area contributed by atoms with Crippen LogP contribution in [-0.2, 0) is 0 Å². The Hall–Kier alpha value is -3.26. The van der Waals surface area contributed by atoms with Crippen LogP contribution >= 0.6 is 15.9 Å². The number of likely N-dealkylation sites (tertiary alicyclic amines) is 1. The summed E-state index contributed by atoms with van der Waals surface area (Å²) in [4.78, 5) is 29.6. The molecule has 2 aromatic carbocycles. The van der Waals surface area contributed by atoms with Crippen LogP contribution in [-0.4, -0.2) is 42.6 Å². The molecule has 0 spiro atoms. The van der Waals surface area contributed by atoms with Crippen LogP contribution in [0.15, 0.2) is 59.3 Å². The van der Waals surface area contributed by atoms with Gasteiger partial charge in [0.2, 0.25) is 0 Å². The third-order valence-electron chi connectivity index (χ3n) is 5.41. The van der Waals surface area contributed by atoms with E-state index in [1.165, 1.54) is 4.90 Å². The zero-order valence-electron chi connectivity index (χ0n) is 15.9. The van der Waals surface area contributed by atoms with Crippen LogP contribution in [0.3, 0.4) is 0 Å². The Morgan fingerprint density at radius 2 is 1.77 bits per heavy atom. The fourth-order valence-corrected chi connectivity index (χ4v) is 4.12. The lowest BCUT2D eigenvalue weighted by molar-refractivity contribution is 0.139. The molecule has 1 saturated heterocycles. The van der Waals surface area contributed by atoms with Crippen molar-refractivity contribution in [1.82, 2.24) is 24.8 Å². The summed E-state index contributed by atoms with van der Waals surface area (Å²) < 4.78 is 0.846. The minimum Gasteiger partial charge on any atom is -0.465 e. The van der Waals surface area contributed by atoms with E-state index in [4.69, 9.17) is 4.98 Å². The Kier molecular flexibility index (Phi) is 4.71. The van der Waals surface area contributed by atoms with Crippen molar-refractivity contribution in [2.45, 2.75) is 18.9 Å². The number of hydrogen-bond donors (Lipinski definition) is 2. The number of H-pyrrole nitrogens is 1. The number of rotatable bonds is 3. The van der Waals surface area contributed by atoms with Gasteiger partial charge in [-0.2, -0.15) is 0 Å². The van der Waals surface area contributed by atoms with Gasteiger partial charge in [0, 0.05) is 24.5 Å². The molecule has 1 fully saturated rings. The first-order chi connectivity index (χ1) is 14.6. The molecule has 2 N–H and O–H groups in total. The van der Waals surface area contributed by atoms with Crippen LogP contribution in [0, 0.1) is 0 Å². The van der Waals surface area contributed by atoms with Crippen molar-refractivity contribution >= 4 is 33.1 Å². The molecule has 0 aliphatic carbocycles. The third kappa shape index (κ3) is 3.43. The lowest BCUT2D eigenvalue weighted by Gasteiger charge is -2.19. The van der Waals surface area contributed by atoms with E-state index in [0.717, 1.165) is 45.0 Å². The van der Waals surface area contributed by atoms with Crippen molar-refractivity contribution < 1.29 is 9.90 Å². The third-order valence-corrected chi connectivity index (χ3v) is 5.82. The molecule has 4 aromatic rings. The fourth-order valence-electron chi connectivity index (χ4n) is 3.92. The summed E-state index contributed by atoms with van der Waals surface area (Å²) in [5.74, 6) is 1.39. The number of carbonyl (C=O) groups is 1. The second-order valence-electron chi connectivity index (χ2n) is 7.29. The molecule has 0 bridgehead atoms. The predicted molar refractivity (Wildman–Crippen MR) is 117 cm³/mol. The zero-order chi connectivity index (χ0) is 20.7. The first kappa shape index (κ1) is 18.7. The van der Waals surface area contributed by atoms with Gasteiger partial charge in [0.15, 0.2) is 5.82 Å². The average Bonchev–Trinajstić information content (AvgIpc) is 3.41. The number of hydrogen-bond acceptors (Lipinski definition) is 4. The number of amides is 1. The lowest BCUT2D eigenvalue weighted by Crippen LogP contribution is -2.29. The van der Waals surface area contributed by atoms with Crippen molar-refractivity contribution in [1.29, 1.82) is 0 Å². The molecule has 5 rings (SSSR count). The molecule has 0 radical (unpaired) electrons. The van der Waals surface area contributed by atoms with E-state index in [-0.39, 0.29) is 6.04 Å². The lowest BCUT2D eigenvalue weighted by atomic mass is 10.0. The highest BCUT2D eigenvalue weighted by Crippen LogP contribution is 2.32. The van der Waals surface area contributed by atoms with Crippen LogP contribution in [0.4, 0.5) is 4.79 Å². The molecule has 30 heavy (non-hydrogen) atoms. The van der Waals surface area contributed by atoms with Gasteiger partial charge < -0.3 is 10.1 Å². The Morgan fingerprint density at radius 3 is 2.50 bits per heavy atom. The monoisotopic (exact) mass is 463 g/mol. The molecule has 2 aromatic heterocycles. The Labute approximate surface area is 180 Å². The van der Waals surface area contributed by atoms with E-state index in [0.29, 0.717) is 18.2 Å². The fraction of sp³-hybridized carbons (Fsp3) is 0.182. The minimum absolute atomic E-state index is 0.205. The van der Waals surface area contributed by atoms with Gasteiger partial charge in [-0.1, -0.05) is 30.3 Å². The molecule has 7 nitrogen and oxygen atoms in total. The maximum atomic E-state index is 11.5. The topological polar surface area (TPSA) is 95.0 Å². The Bertz CT molecular complexity index is 1220. The van der Waals surface area contributed by atoms with E-state index in [9.17, 15) is 9.90 Å². The Balaban J connectivity index is 1.43. The molecule has 0 saturated carbocycles. The predicted octanol–water partition coefficient (Wildman–Crippen LogP) is 5.26. The summed E-state index contributed by atoms with van der Waals surface area (Å²) in [6, 6.07) is 13.9. The standard InChI is InChI=1S/C22H18BrN5O2/c23-16-11-24-20(25-12-16)14-5-3-13(4-6-14)15-7-8-17-18(10-15)27-21(26-17)19-2-1-9-28(19)22(29)30/h3-8,10-12,19H,1-2,9H2,(H,26,27)(H,29,30)/t19-/m0/s1. The number of nitrogens with one attached hydrogen (secondary N) is 1. The van der Waals surface area contributed by atoms with E-state index in [2.05, 4.69) is 30.9 Å². The zero-order valence-corrected chi connectivity index (χ0v) is 17.5. The van der Waals surface area contributed by atoms with Crippen molar-refractivity contribution in [3.05, 3.63) is 65.2 Å². The second kappa shape index (κ2) is 7.53. The summed E-state index contributed by atoms with van der Waals surface area (Å²) in [6.07, 6.45) is 4.21. The summed E-state index contributed by atoms with van der Waals surface area (Å²) >= 11 is 3.35. The van der Waals surface area contributed by atoms with Crippen LogP contribution in [0.2, 0.25) is 0 Å². The molecular weight excluding hydrogens is 446 g/mol. The van der Waals surface area contributed by atoms with Gasteiger partial charge in [-0.15, -0.1) is 0 Å². The maximum absolute atomic E-state index is 11.5. The summed E-state index contributed by atoms with van der Waals surface area (Å²) in [5.41, 5.74) is 4.80. The first-order valence-corrected chi connectivity index (χ1v) is 10.5. The highest BCUT2D eigenvalue weighted by atomic mass is 79.9. The molecule has 8 heteroatoms. The van der Waals surface area contributed by atoms with Crippen molar-refractivity contribution in [3.63, 3.8) is 0 Å². The number of nitrogens with zero attached hydrogens (tertiary/aromatic N) is 4. The van der Waals surface area contributed by atoms with Gasteiger partial charge in [-0.3, -0.25) is 4.90 Å². The van der Waals surface area contributed by atoms with Crippen LogP contribution in [0.5, 0.6) is 0 Å². The molecule has 0 unspecified atom stereocenters.